The molecule has 0 spiro atoms. The number of carbonyl (C=O) groups excluding carboxylic acids is 2. The summed E-state index contributed by atoms with van der Waals surface area (Å²) >= 11 is 0. The number of carbonyl (C=O) groups is 2. The van der Waals surface area contributed by atoms with Crippen molar-refractivity contribution in [1.82, 2.24) is 10.6 Å². The molecular weight excluding hydrogens is 275 g/mol. The predicted molar refractivity (Wildman–Crippen MR) is 74.7 cm³/mol. The number of esters is 1. The van der Waals surface area contributed by atoms with Crippen LogP contribution in [0.2, 0.25) is 0 Å². The molecule has 0 bridgehead atoms. The number of allylic oxidation sites excluding steroid dienone is 1. The van der Waals surface area contributed by atoms with Gasteiger partial charge in [0.15, 0.2) is 0 Å². The molecule has 2 rings (SSSR count). The molecule has 112 valence electrons. The molecule has 1 atom stereocenters. The molecule has 0 aromatic heterocycles. The van der Waals surface area contributed by atoms with E-state index in [1.807, 2.05) is 0 Å². The molecule has 0 unspecified atom stereocenters. The van der Waals surface area contributed by atoms with Crippen LogP contribution < -0.4 is 10.6 Å². The van der Waals surface area contributed by atoms with Crippen molar-refractivity contribution in [2.24, 2.45) is 0 Å². The van der Waals surface area contributed by atoms with Crippen molar-refractivity contribution in [1.29, 1.82) is 0 Å². The second kappa shape index (κ2) is 5.95. The van der Waals surface area contributed by atoms with Crippen LogP contribution in [0.5, 0.6) is 0 Å². The summed E-state index contributed by atoms with van der Waals surface area (Å²) in [5.74, 6) is -0.893. The van der Waals surface area contributed by atoms with Gasteiger partial charge in [0.1, 0.15) is 5.82 Å². The van der Waals surface area contributed by atoms with Crippen LogP contribution in [-0.4, -0.2) is 18.1 Å². The van der Waals surface area contributed by atoms with Gasteiger partial charge >= 0.3 is 12.0 Å². The van der Waals surface area contributed by atoms with Crippen LogP contribution in [0.4, 0.5) is 9.18 Å². The smallest absolute Gasteiger partial charge is 0.338 e. The fourth-order valence-corrected chi connectivity index (χ4v) is 2.15. The zero-order valence-corrected chi connectivity index (χ0v) is 12.1. The van der Waals surface area contributed by atoms with Crippen LogP contribution in [0.25, 0.3) is 0 Å². The van der Waals surface area contributed by atoms with E-state index in [4.69, 9.17) is 4.74 Å². The summed E-state index contributed by atoms with van der Waals surface area (Å²) in [5, 5.41) is 5.20. The Morgan fingerprint density at radius 2 is 1.90 bits per heavy atom. The molecular formula is C15H17FN2O3. The lowest BCUT2D eigenvalue weighted by atomic mass is 9.95. The molecule has 1 aliphatic heterocycles. The number of benzene rings is 1. The fraction of sp³-hybridized carbons (Fsp3) is 0.333. The van der Waals surface area contributed by atoms with Crippen molar-refractivity contribution in [3.8, 4) is 0 Å². The van der Waals surface area contributed by atoms with E-state index in [9.17, 15) is 14.0 Å². The Labute approximate surface area is 122 Å². The van der Waals surface area contributed by atoms with Crippen molar-refractivity contribution in [2.75, 3.05) is 0 Å². The zero-order valence-electron chi connectivity index (χ0n) is 12.1. The van der Waals surface area contributed by atoms with Gasteiger partial charge in [-0.25, -0.2) is 14.0 Å². The van der Waals surface area contributed by atoms with Gasteiger partial charge in [0, 0.05) is 5.70 Å². The summed E-state index contributed by atoms with van der Waals surface area (Å²) in [6.07, 6.45) is -0.274. The maximum atomic E-state index is 13.0. The summed E-state index contributed by atoms with van der Waals surface area (Å²) in [5.41, 5.74) is 1.36. The minimum Gasteiger partial charge on any atom is -0.459 e. The highest BCUT2D eigenvalue weighted by Crippen LogP contribution is 2.27. The predicted octanol–water partition coefficient (Wildman–Crippen LogP) is 2.41. The number of rotatable bonds is 3. The van der Waals surface area contributed by atoms with E-state index in [1.54, 1.807) is 20.8 Å². The van der Waals surface area contributed by atoms with Gasteiger partial charge in [-0.3, -0.25) is 0 Å². The Hall–Kier alpha value is -2.37. The van der Waals surface area contributed by atoms with Gasteiger partial charge in [0.2, 0.25) is 0 Å². The van der Waals surface area contributed by atoms with E-state index >= 15 is 0 Å². The normalized spacial score (nSPS) is 18.3. The van der Waals surface area contributed by atoms with E-state index in [2.05, 4.69) is 10.6 Å². The SMILES string of the molecule is CC1=C(C(=O)OC(C)C)[C@@H](c2ccc(F)cc2)NC(=O)N1. The van der Waals surface area contributed by atoms with Crippen molar-refractivity contribution in [3.63, 3.8) is 0 Å². The largest absolute Gasteiger partial charge is 0.459 e. The molecule has 5 nitrogen and oxygen atoms in total. The van der Waals surface area contributed by atoms with Crippen LogP contribution >= 0.6 is 0 Å². The number of nitrogens with one attached hydrogen (secondary N) is 2. The Kier molecular flexibility index (Phi) is 4.26. The molecule has 1 aliphatic rings. The number of amides is 2. The van der Waals surface area contributed by atoms with Crippen LogP contribution in [0.3, 0.4) is 0 Å². The van der Waals surface area contributed by atoms with Crippen molar-refractivity contribution >= 4 is 12.0 Å². The van der Waals surface area contributed by atoms with Gasteiger partial charge in [-0.15, -0.1) is 0 Å². The number of urea groups is 1. The third kappa shape index (κ3) is 3.39. The van der Waals surface area contributed by atoms with E-state index in [1.165, 1.54) is 24.3 Å². The minimum absolute atomic E-state index is 0.274. The summed E-state index contributed by atoms with van der Waals surface area (Å²) < 4.78 is 18.2. The first-order valence-corrected chi connectivity index (χ1v) is 6.63. The van der Waals surface area contributed by atoms with E-state index < -0.39 is 18.0 Å². The number of ether oxygens (including phenoxy) is 1. The minimum atomic E-state index is -0.661. The lowest BCUT2D eigenvalue weighted by Crippen LogP contribution is -2.45. The van der Waals surface area contributed by atoms with E-state index in [0.717, 1.165) is 0 Å². The van der Waals surface area contributed by atoms with Gasteiger partial charge in [0.05, 0.1) is 17.7 Å². The average Bonchev–Trinajstić information content (AvgIpc) is 2.37. The van der Waals surface area contributed by atoms with Crippen molar-refractivity contribution in [2.45, 2.75) is 32.9 Å². The molecule has 2 N–H and O–H groups in total. The van der Waals surface area contributed by atoms with E-state index in [0.29, 0.717) is 16.8 Å². The molecule has 1 heterocycles. The summed E-state index contributed by atoms with van der Waals surface area (Å²) in [7, 11) is 0. The first kappa shape index (κ1) is 15.0. The highest BCUT2D eigenvalue weighted by Gasteiger charge is 2.32. The van der Waals surface area contributed by atoms with Crippen molar-refractivity contribution in [3.05, 3.63) is 46.9 Å². The van der Waals surface area contributed by atoms with Crippen molar-refractivity contribution < 1.29 is 18.7 Å². The monoisotopic (exact) mass is 292 g/mol. The Balaban J connectivity index is 2.40. The average molecular weight is 292 g/mol. The topological polar surface area (TPSA) is 67.4 Å². The van der Waals surface area contributed by atoms with Crippen LogP contribution in [0, 0.1) is 5.82 Å². The van der Waals surface area contributed by atoms with Gasteiger partial charge in [-0.1, -0.05) is 12.1 Å². The maximum Gasteiger partial charge on any atom is 0.338 e. The Morgan fingerprint density at radius 1 is 1.29 bits per heavy atom. The third-order valence-corrected chi connectivity index (χ3v) is 3.04. The molecule has 0 fully saturated rings. The molecule has 0 aliphatic carbocycles. The lowest BCUT2D eigenvalue weighted by Gasteiger charge is -2.28. The van der Waals surface area contributed by atoms with E-state index in [-0.39, 0.29) is 11.9 Å². The molecule has 0 radical (unpaired) electrons. The molecule has 1 aromatic carbocycles. The number of hydrogen-bond donors (Lipinski definition) is 2. The Bertz CT molecular complexity index is 593. The highest BCUT2D eigenvalue weighted by atomic mass is 19.1. The van der Waals surface area contributed by atoms with Gasteiger partial charge < -0.3 is 15.4 Å². The van der Waals surface area contributed by atoms with Gasteiger partial charge in [-0.2, -0.15) is 0 Å². The maximum absolute atomic E-state index is 13.0. The zero-order chi connectivity index (χ0) is 15.6. The highest BCUT2D eigenvalue weighted by molar-refractivity contribution is 5.95. The third-order valence-electron chi connectivity index (χ3n) is 3.04. The summed E-state index contributed by atoms with van der Waals surface area (Å²) in [4.78, 5) is 23.9. The van der Waals surface area contributed by atoms with Crippen LogP contribution in [0.15, 0.2) is 35.5 Å². The Morgan fingerprint density at radius 3 is 2.48 bits per heavy atom. The molecule has 1 aromatic rings. The lowest BCUT2D eigenvalue weighted by molar-refractivity contribution is -0.143. The quantitative estimate of drug-likeness (QED) is 0.841. The molecule has 21 heavy (non-hydrogen) atoms. The van der Waals surface area contributed by atoms with Crippen LogP contribution in [0.1, 0.15) is 32.4 Å². The summed E-state index contributed by atoms with van der Waals surface area (Å²) in [6.45, 7) is 5.12. The number of halogens is 1. The molecule has 0 saturated heterocycles. The fourth-order valence-electron chi connectivity index (χ4n) is 2.15. The number of hydrogen-bond acceptors (Lipinski definition) is 3. The second-order valence-corrected chi connectivity index (χ2v) is 5.08. The van der Waals surface area contributed by atoms with Gasteiger partial charge in [-0.05, 0) is 38.5 Å². The standard InChI is InChI=1S/C15H17FN2O3/c1-8(2)21-14(19)12-9(3)17-15(20)18-13(12)10-4-6-11(16)7-5-10/h4-8,13H,1-3H3,(H2,17,18,20)/t13-/m1/s1. The summed E-state index contributed by atoms with van der Waals surface area (Å²) in [6, 6.07) is 4.55. The molecule has 6 heteroatoms. The second-order valence-electron chi connectivity index (χ2n) is 5.08. The molecule has 2 amide bonds. The van der Waals surface area contributed by atoms with Crippen LogP contribution in [-0.2, 0) is 9.53 Å². The first-order chi connectivity index (χ1) is 9.88. The first-order valence-electron chi connectivity index (χ1n) is 6.63. The van der Waals surface area contributed by atoms with Gasteiger partial charge in [0.25, 0.3) is 0 Å². The molecule has 0 saturated carbocycles.